The number of hydrogen-bond acceptors (Lipinski definition) is 2. The van der Waals surface area contributed by atoms with Crippen LogP contribution in [-0.4, -0.2) is 11.0 Å². The molecule has 0 spiro atoms. The second-order valence-corrected chi connectivity index (χ2v) is 4.26. The lowest BCUT2D eigenvalue weighted by atomic mass is 10.2. The maximum absolute atomic E-state index is 4.18. The van der Waals surface area contributed by atoms with E-state index in [1.54, 1.807) is 0 Å². The first-order valence-corrected chi connectivity index (χ1v) is 5.43. The summed E-state index contributed by atoms with van der Waals surface area (Å²) in [7, 11) is 0. The van der Waals surface area contributed by atoms with Gasteiger partial charge < -0.3 is 5.32 Å². The van der Waals surface area contributed by atoms with Gasteiger partial charge in [-0.1, -0.05) is 19.4 Å². The Morgan fingerprint density at radius 3 is 3.00 bits per heavy atom. The van der Waals surface area contributed by atoms with Gasteiger partial charge in [-0.2, -0.15) is 0 Å². The van der Waals surface area contributed by atoms with Crippen LogP contribution in [0.25, 0.3) is 0 Å². The van der Waals surface area contributed by atoms with E-state index in [4.69, 9.17) is 0 Å². The van der Waals surface area contributed by atoms with Crippen molar-refractivity contribution in [3.05, 3.63) is 29.6 Å². The van der Waals surface area contributed by atoms with E-state index in [9.17, 15) is 0 Å². The molecule has 2 nitrogen and oxygen atoms in total. The first-order chi connectivity index (χ1) is 6.79. The fraction of sp³-hybridized carbons (Fsp3) is 0.583. The fourth-order valence-corrected chi connectivity index (χ4v) is 1.91. The van der Waals surface area contributed by atoms with Crippen LogP contribution < -0.4 is 5.32 Å². The van der Waals surface area contributed by atoms with Gasteiger partial charge in [-0.3, -0.25) is 4.98 Å². The Labute approximate surface area is 85.7 Å². The van der Waals surface area contributed by atoms with Crippen molar-refractivity contribution in [2.75, 3.05) is 0 Å². The van der Waals surface area contributed by atoms with Gasteiger partial charge >= 0.3 is 0 Å². The average Bonchev–Trinajstić information content (AvgIpc) is 2.93. The summed E-state index contributed by atoms with van der Waals surface area (Å²) in [5, 5.41) is 3.56. The van der Waals surface area contributed by atoms with Crippen LogP contribution in [0.3, 0.4) is 0 Å². The lowest BCUT2D eigenvalue weighted by Gasteiger charge is -2.03. The van der Waals surface area contributed by atoms with Crippen LogP contribution in [-0.2, 0) is 6.54 Å². The molecule has 1 heterocycles. The van der Waals surface area contributed by atoms with E-state index in [0.717, 1.165) is 18.5 Å². The fourth-order valence-electron chi connectivity index (χ4n) is 1.91. The third kappa shape index (κ3) is 2.32. The summed E-state index contributed by atoms with van der Waals surface area (Å²) < 4.78 is 0. The molecule has 1 aliphatic carbocycles. The summed E-state index contributed by atoms with van der Waals surface area (Å²) >= 11 is 0. The van der Waals surface area contributed by atoms with Gasteiger partial charge in [-0.05, 0) is 30.4 Å². The zero-order valence-electron chi connectivity index (χ0n) is 8.96. The van der Waals surface area contributed by atoms with Crippen molar-refractivity contribution in [1.29, 1.82) is 0 Å². The monoisotopic (exact) mass is 190 g/mol. The summed E-state index contributed by atoms with van der Waals surface area (Å²) in [5.41, 5.74) is 2.54. The van der Waals surface area contributed by atoms with Gasteiger partial charge in [0.25, 0.3) is 0 Å². The molecule has 1 saturated carbocycles. The molecule has 0 amide bonds. The Bertz CT molecular complexity index is 309. The second kappa shape index (κ2) is 4.09. The number of pyridine rings is 1. The number of aryl methyl sites for hydroxylation is 1. The molecule has 0 bridgehead atoms. The molecule has 76 valence electrons. The SMILES string of the molecule is CCC1CC1NCc1cncc(C)c1. The zero-order valence-corrected chi connectivity index (χ0v) is 8.96. The summed E-state index contributed by atoms with van der Waals surface area (Å²) in [6.07, 6.45) is 6.51. The number of hydrogen-bond donors (Lipinski definition) is 1. The van der Waals surface area contributed by atoms with Gasteiger partial charge in [-0.25, -0.2) is 0 Å². The highest BCUT2D eigenvalue weighted by atomic mass is 15.0. The molecule has 2 unspecified atom stereocenters. The van der Waals surface area contributed by atoms with Gasteiger partial charge in [0.1, 0.15) is 0 Å². The number of aromatic nitrogens is 1. The van der Waals surface area contributed by atoms with Crippen LogP contribution in [0.4, 0.5) is 0 Å². The molecular formula is C12H18N2. The summed E-state index contributed by atoms with van der Waals surface area (Å²) in [6, 6.07) is 2.96. The molecule has 1 N–H and O–H groups in total. The molecule has 0 saturated heterocycles. The number of nitrogens with one attached hydrogen (secondary N) is 1. The van der Waals surface area contributed by atoms with E-state index in [0.29, 0.717) is 0 Å². The Morgan fingerprint density at radius 1 is 1.50 bits per heavy atom. The van der Waals surface area contributed by atoms with Crippen LogP contribution in [0.1, 0.15) is 30.9 Å². The van der Waals surface area contributed by atoms with E-state index in [1.807, 2.05) is 12.4 Å². The number of rotatable bonds is 4. The normalized spacial score (nSPS) is 25.0. The summed E-state index contributed by atoms with van der Waals surface area (Å²) in [4.78, 5) is 4.18. The topological polar surface area (TPSA) is 24.9 Å². The first kappa shape index (κ1) is 9.66. The van der Waals surface area contributed by atoms with E-state index >= 15 is 0 Å². The van der Waals surface area contributed by atoms with Crippen LogP contribution >= 0.6 is 0 Å². The van der Waals surface area contributed by atoms with Gasteiger partial charge in [0.15, 0.2) is 0 Å². The van der Waals surface area contributed by atoms with E-state index in [2.05, 4.69) is 30.2 Å². The van der Waals surface area contributed by atoms with Crippen molar-refractivity contribution in [3.8, 4) is 0 Å². The highest BCUT2D eigenvalue weighted by Gasteiger charge is 2.34. The Hall–Kier alpha value is -0.890. The van der Waals surface area contributed by atoms with Crippen molar-refractivity contribution >= 4 is 0 Å². The molecule has 1 fully saturated rings. The Kier molecular flexibility index (Phi) is 2.82. The quantitative estimate of drug-likeness (QED) is 0.788. The molecule has 1 aromatic heterocycles. The largest absolute Gasteiger partial charge is 0.310 e. The molecule has 1 aromatic rings. The zero-order chi connectivity index (χ0) is 9.97. The van der Waals surface area contributed by atoms with Gasteiger partial charge in [-0.15, -0.1) is 0 Å². The lowest BCUT2D eigenvalue weighted by molar-refractivity contribution is 0.622. The molecule has 1 aliphatic rings. The molecule has 0 aliphatic heterocycles. The standard InChI is InChI=1S/C12H18N2/c1-3-11-5-12(11)14-8-10-4-9(2)6-13-7-10/h4,6-7,11-12,14H,3,5,8H2,1-2H3. The lowest BCUT2D eigenvalue weighted by Crippen LogP contribution is -2.17. The maximum atomic E-state index is 4.18. The summed E-state index contributed by atoms with van der Waals surface area (Å²) in [6.45, 7) is 5.32. The minimum Gasteiger partial charge on any atom is -0.310 e. The maximum Gasteiger partial charge on any atom is 0.0313 e. The van der Waals surface area contributed by atoms with Crippen LogP contribution in [0, 0.1) is 12.8 Å². The van der Waals surface area contributed by atoms with Crippen molar-refractivity contribution in [3.63, 3.8) is 0 Å². The molecule has 0 aromatic carbocycles. The van der Waals surface area contributed by atoms with E-state index in [-0.39, 0.29) is 0 Å². The van der Waals surface area contributed by atoms with Crippen molar-refractivity contribution in [1.82, 2.24) is 10.3 Å². The van der Waals surface area contributed by atoms with E-state index < -0.39 is 0 Å². The predicted octanol–water partition coefficient (Wildman–Crippen LogP) is 2.28. The Morgan fingerprint density at radius 2 is 2.36 bits per heavy atom. The highest BCUT2D eigenvalue weighted by molar-refractivity contribution is 5.16. The first-order valence-electron chi connectivity index (χ1n) is 5.43. The van der Waals surface area contributed by atoms with Crippen molar-refractivity contribution in [2.45, 2.75) is 39.3 Å². The molecule has 2 atom stereocenters. The molecule has 2 rings (SSSR count). The number of nitrogens with zero attached hydrogens (tertiary/aromatic N) is 1. The molecule has 2 heteroatoms. The third-order valence-corrected chi connectivity index (χ3v) is 2.95. The molecular weight excluding hydrogens is 172 g/mol. The minimum absolute atomic E-state index is 0.764. The van der Waals surface area contributed by atoms with Gasteiger partial charge in [0.05, 0.1) is 0 Å². The van der Waals surface area contributed by atoms with Crippen molar-refractivity contribution in [2.24, 2.45) is 5.92 Å². The van der Waals surface area contributed by atoms with Crippen LogP contribution in [0.5, 0.6) is 0 Å². The van der Waals surface area contributed by atoms with Crippen molar-refractivity contribution < 1.29 is 0 Å². The molecule has 0 radical (unpaired) electrons. The second-order valence-electron chi connectivity index (χ2n) is 4.26. The predicted molar refractivity (Wildman–Crippen MR) is 58.0 cm³/mol. The average molecular weight is 190 g/mol. The molecule has 14 heavy (non-hydrogen) atoms. The van der Waals surface area contributed by atoms with Gasteiger partial charge in [0.2, 0.25) is 0 Å². The third-order valence-electron chi connectivity index (χ3n) is 2.95. The van der Waals surface area contributed by atoms with Gasteiger partial charge in [0, 0.05) is 25.0 Å². The summed E-state index contributed by atoms with van der Waals surface area (Å²) in [5.74, 6) is 0.924. The minimum atomic E-state index is 0.764. The smallest absolute Gasteiger partial charge is 0.0313 e. The highest BCUT2D eigenvalue weighted by Crippen LogP contribution is 2.33. The van der Waals surface area contributed by atoms with Crippen LogP contribution in [0.2, 0.25) is 0 Å². The van der Waals surface area contributed by atoms with E-state index in [1.165, 1.54) is 24.0 Å². The van der Waals surface area contributed by atoms with Crippen LogP contribution in [0.15, 0.2) is 18.5 Å². The Balaban J connectivity index is 1.81.